The molecule has 2 aliphatic rings. The predicted molar refractivity (Wildman–Crippen MR) is 235 cm³/mol. The fraction of sp³-hybridized carbons (Fsp3) is 0.0566. The largest absolute Gasteiger partial charge is 0.354 e. The first kappa shape index (κ1) is 35.7. The second-order valence-electron chi connectivity index (χ2n) is 15.5. The molecule has 4 aromatic heterocycles. The van der Waals surface area contributed by atoms with E-state index in [4.69, 9.17) is 0 Å². The summed E-state index contributed by atoms with van der Waals surface area (Å²) in [6.45, 7) is 6.32. The van der Waals surface area contributed by atoms with Gasteiger partial charge >= 0.3 is 0 Å². The third-order valence-corrected chi connectivity index (χ3v) is 11.3. The number of aromatic amines is 4. The van der Waals surface area contributed by atoms with Crippen LogP contribution >= 0.6 is 0 Å². The molecule has 0 fully saturated rings. The number of hydrogen-bond acceptors (Lipinski definition) is 2. The monoisotopic (exact) mass is 764 g/mol. The van der Waals surface area contributed by atoms with Crippen molar-refractivity contribution in [2.45, 2.75) is 20.8 Å². The molecule has 0 unspecified atom stereocenters. The molecule has 4 N–H and O–H groups in total. The van der Waals surface area contributed by atoms with Gasteiger partial charge in [-0.2, -0.15) is 0 Å². The topological polar surface area (TPSA) is 97.3 Å². The van der Waals surface area contributed by atoms with Crippen LogP contribution in [0.2, 0.25) is 0 Å². The van der Waals surface area contributed by atoms with Gasteiger partial charge in [-0.25, -0.2) is 0 Å². The number of fused-ring (bicyclic) bond motifs is 8. The second-order valence-corrected chi connectivity index (χ2v) is 15.5. The van der Waals surface area contributed by atoms with Gasteiger partial charge in [0.05, 0.1) is 0 Å². The van der Waals surface area contributed by atoms with E-state index < -0.39 is 0 Å². The molecular weight excluding hydrogens is 725 g/mol. The number of H-pyrrole nitrogens is 4. The third kappa shape index (κ3) is 6.60. The van der Waals surface area contributed by atoms with Gasteiger partial charge in [-0.1, -0.05) is 108 Å². The Balaban J connectivity index is 1.31. The maximum atomic E-state index is 13.1. The first-order valence-corrected chi connectivity index (χ1v) is 19.8. The molecule has 0 atom stereocenters. The highest BCUT2D eigenvalue weighted by Crippen LogP contribution is 2.30. The smallest absolute Gasteiger partial charge is 0.186 e. The van der Waals surface area contributed by atoms with E-state index in [9.17, 15) is 9.59 Å². The molecule has 284 valence electrons. The Morgan fingerprint density at radius 2 is 0.729 bits per heavy atom. The highest BCUT2D eigenvalue weighted by atomic mass is 16.1. The lowest BCUT2D eigenvalue weighted by molar-refractivity contribution is -0.113. The summed E-state index contributed by atoms with van der Waals surface area (Å²) in [6.07, 6.45) is 4.09. The number of aryl methyl sites for hydroxylation is 3. The maximum Gasteiger partial charge on any atom is 0.186 e. The van der Waals surface area contributed by atoms with Crippen LogP contribution in [0.1, 0.15) is 67.3 Å². The Bertz CT molecular complexity index is 3300. The number of hydrogen-bond donors (Lipinski definition) is 4. The summed E-state index contributed by atoms with van der Waals surface area (Å²) in [7, 11) is 0. The fourth-order valence-electron chi connectivity index (χ4n) is 8.31. The molecule has 59 heavy (non-hydrogen) atoms. The Kier molecular flexibility index (Phi) is 8.68. The van der Waals surface area contributed by atoms with Crippen molar-refractivity contribution in [3.05, 3.63) is 253 Å². The molecule has 1 aliphatic heterocycles. The minimum Gasteiger partial charge on any atom is -0.354 e. The van der Waals surface area contributed by atoms with E-state index in [0.717, 1.165) is 88.7 Å². The molecule has 5 heterocycles. The van der Waals surface area contributed by atoms with Gasteiger partial charge in [0.1, 0.15) is 0 Å². The van der Waals surface area contributed by atoms with Gasteiger partial charge in [0.15, 0.2) is 11.6 Å². The lowest BCUT2D eigenvalue weighted by Crippen LogP contribution is -2.19. The van der Waals surface area contributed by atoms with Crippen LogP contribution < -0.4 is 21.4 Å². The summed E-state index contributed by atoms with van der Waals surface area (Å²) >= 11 is 0. The van der Waals surface area contributed by atoms with Crippen LogP contribution in [-0.2, 0) is 9.59 Å². The predicted octanol–water partition coefficient (Wildman–Crippen LogP) is 7.32. The molecule has 6 nitrogen and oxygen atoms in total. The number of carbonyl (C=O) groups is 2. The summed E-state index contributed by atoms with van der Waals surface area (Å²) in [5.41, 5.74) is 16.6. The average molecular weight is 765 g/mol. The number of aromatic nitrogens is 4. The van der Waals surface area contributed by atoms with Crippen LogP contribution in [0.3, 0.4) is 0 Å². The third-order valence-electron chi connectivity index (χ3n) is 11.3. The van der Waals surface area contributed by atoms with Crippen molar-refractivity contribution in [3.63, 3.8) is 0 Å². The summed E-state index contributed by atoms with van der Waals surface area (Å²) in [6, 6.07) is 51.0. The maximum absolute atomic E-state index is 13.1. The van der Waals surface area contributed by atoms with E-state index >= 15 is 0 Å². The van der Waals surface area contributed by atoms with Crippen LogP contribution in [0.5, 0.6) is 0 Å². The normalized spacial score (nSPS) is 17.6. The Labute approximate surface area is 341 Å². The highest BCUT2D eigenvalue weighted by molar-refractivity contribution is 6.34. The van der Waals surface area contributed by atoms with Crippen LogP contribution in [0.4, 0.5) is 0 Å². The second kappa shape index (κ2) is 14.4. The van der Waals surface area contributed by atoms with Crippen molar-refractivity contribution in [1.82, 2.24) is 19.9 Å². The number of rotatable bonds is 5. The van der Waals surface area contributed by atoms with Crippen LogP contribution in [0.15, 0.2) is 164 Å². The molecule has 10 rings (SSSR count). The minimum atomic E-state index is -0.202. The van der Waals surface area contributed by atoms with E-state index in [1.807, 2.05) is 18.2 Å². The summed E-state index contributed by atoms with van der Waals surface area (Å²) < 4.78 is 0. The fourth-order valence-corrected chi connectivity index (χ4v) is 8.31. The van der Waals surface area contributed by atoms with Gasteiger partial charge in [0.2, 0.25) is 0 Å². The minimum absolute atomic E-state index is 0.192. The lowest BCUT2D eigenvalue weighted by Gasteiger charge is -2.12. The van der Waals surface area contributed by atoms with Crippen LogP contribution in [0.25, 0.3) is 27.9 Å². The zero-order valence-electron chi connectivity index (χ0n) is 32.9. The molecular formula is C53H40N4O2. The quantitative estimate of drug-likeness (QED) is 0.138. The van der Waals surface area contributed by atoms with E-state index in [2.05, 4.69) is 168 Å². The Hall–Kier alpha value is -7.70. The highest BCUT2D eigenvalue weighted by Gasteiger charge is 2.20. The molecule has 0 saturated carbocycles. The van der Waals surface area contributed by atoms with Gasteiger partial charge in [0, 0.05) is 72.0 Å². The van der Waals surface area contributed by atoms with E-state index in [-0.39, 0.29) is 11.6 Å². The molecule has 8 bridgehead atoms. The molecule has 8 aromatic rings. The van der Waals surface area contributed by atoms with Crippen molar-refractivity contribution in [1.29, 1.82) is 0 Å². The van der Waals surface area contributed by atoms with Crippen LogP contribution in [0, 0.1) is 20.8 Å². The number of nitrogens with one attached hydrogen (secondary N) is 4. The molecule has 0 saturated heterocycles. The van der Waals surface area contributed by atoms with Gasteiger partial charge < -0.3 is 19.9 Å². The molecule has 0 spiro atoms. The summed E-state index contributed by atoms with van der Waals surface area (Å²) in [5, 5.41) is 3.79. The standard InChI is InChI=1S/C53H40N4O2/c1-31-7-13-34(14-8-31)50-41-20-22-43(54-41)51(35-15-9-32(2)10-16-35)45-24-26-47(56-45)53(38-6-4-5-37(29-38)40-30-39(58)19-28-49(40)59)48-27-25-46(57-48)52(44-23-21-42(50)55-44)36-17-11-33(3)12-18-36/h4-30,54-57H,1-3H3/b50-41-,50-42?,51-43-,51-45?,52-44?,52-46-,53-47?,53-48-. The number of allylic oxidation sites excluding steroid dienone is 4. The SMILES string of the molecule is Cc1ccc(/C2=c3\cc/c([nH]3)=C(\c3ccc(C)cc3)c3ccc([nH]3)/C(c3cccc(C4=CC(=O)C=CC4=O)c3)=c3/cc/c([nH]3)=C(\c3ccc(C)cc3)c3ccc2[nH]3)cc1. The Morgan fingerprint density at radius 1 is 0.356 bits per heavy atom. The van der Waals surface area contributed by atoms with Crippen molar-refractivity contribution < 1.29 is 9.59 Å². The van der Waals surface area contributed by atoms with Crippen LogP contribution in [-0.4, -0.2) is 31.5 Å². The van der Waals surface area contributed by atoms with E-state index in [1.165, 1.54) is 34.9 Å². The van der Waals surface area contributed by atoms with Crippen molar-refractivity contribution >= 4 is 39.4 Å². The van der Waals surface area contributed by atoms with Crippen molar-refractivity contribution in [2.75, 3.05) is 0 Å². The van der Waals surface area contributed by atoms with Gasteiger partial charge in [0.25, 0.3) is 0 Å². The van der Waals surface area contributed by atoms with Gasteiger partial charge in [-0.3, -0.25) is 9.59 Å². The number of benzene rings is 4. The molecule has 0 amide bonds. The van der Waals surface area contributed by atoms with Gasteiger partial charge in [-0.15, -0.1) is 0 Å². The molecule has 1 aliphatic carbocycles. The first-order chi connectivity index (χ1) is 28.8. The van der Waals surface area contributed by atoms with E-state index in [1.54, 1.807) is 0 Å². The lowest BCUT2D eigenvalue weighted by atomic mass is 9.93. The Morgan fingerprint density at radius 3 is 1.14 bits per heavy atom. The molecule has 0 radical (unpaired) electrons. The van der Waals surface area contributed by atoms with Gasteiger partial charge in [-0.05, 0) is 121 Å². The number of carbonyl (C=O) groups excluding carboxylic acids is 2. The molecule has 4 aromatic carbocycles. The van der Waals surface area contributed by atoms with Crippen molar-refractivity contribution in [2.24, 2.45) is 0 Å². The number of ketones is 2. The van der Waals surface area contributed by atoms with Crippen molar-refractivity contribution in [3.8, 4) is 0 Å². The first-order valence-electron chi connectivity index (χ1n) is 19.8. The zero-order chi connectivity index (χ0) is 40.2. The molecule has 6 heteroatoms. The summed E-state index contributed by atoms with van der Waals surface area (Å²) in [4.78, 5) is 40.9. The zero-order valence-corrected chi connectivity index (χ0v) is 32.9. The summed E-state index contributed by atoms with van der Waals surface area (Å²) in [5.74, 6) is -0.394. The average Bonchev–Trinajstić information content (AvgIpc) is 4.09. The van der Waals surface area contributed by atoms with E-state index in [0.29, 0.717) is 11.1 Å².